The minimum absolute atomic E-state index is 0.475. The molecule has 2 rings (SSSR count). The summed E-state index contributed by atoms with van der Waals surface area (Å²) in [6.07, 6.45) is 3.27. The average molecular weight is 391 g/mol. The summed E-state index contributed by atoms with van der Waals surface area (Å²) in [7, 11) is 0. The van der Waals surface area contributed by atoms with Crippen LogP contribution < -0.4 is 0 Å². The molecule has 1 N–H and O–H groups in total. The van der Waals surface area contributed by atoms with Crippen molar-refractivity contribution in [2.45, 2.75) is 12.5 Å². The second-order valence-electron chi connectivity index (χ2n) is 3.90. The Morgan fingerprint density at radius 2 is 1.94 bits per heavy atom. The summed E-state index contributed by atoms with van der Waals surface area (Å²) in [5.74, 6) is 0. The van der Waals surface area contributed by atoms with Crippen LogP contribution in [0, 0.1) is 0 Å². The van der Waals surface area contributed by atoms with Gasteiger partial charge in [-0.05, 0) is 45.8 Å². The summed E-state index contributed by atoms with van der Waals surface area (Å²) in [5.41, 5.74) is 1.67. The molecule has 1 aromatic heterocycles. The quantitative estimate of drug-likeness (QED) is 0.834. The number of aromatic nitrogens is 1. The molecule has 0 amide bonds. The zero-order valence-electron chi connectivity index (χ0n) is 9.28. The van der Waals surface area contributed by atoms with Gasteiger partial charge in [0, 0.05) is 38.3 Å². The van der Waals surface area contributed by atoms with Crippen LogP contribution in [0.15, 0.2) is 45.6 Å². The molecular formula is C13H10Br2ClNO. The van der Waals surface area contributed by atoms with Crippen LogP contribution in [-0.2, 0) is 6.42 Å². The van der Waals surface area contributed by atoms with Gasteiger partial charge < -0.3 is 5.11 Å². The number of benzene rings is 1. The third kappa shape index (κ3) is 3.54. The van der Waals surface area contributed by atoms with Crippen molar-refractivity contribution in [1.29, 1.82) is 0 Å². The minimum Gasteiger partial charge on any atom is -0.388 e. The number of aliphatic hydroxyl groups excluding tert-OH is 1. The first kappa shape index (κ1) is 14.0. The number of hydrogen-bond donors (Lipinski definition) is 1. The van der Waals surface area contributed by atoms with E-state index in [4.69, 9.17) is 11.6 Å². The van der Waals surface area contributed by atoms with Crippen LogP contribution in [-0.4, -0.2) is 10.1 Å². The molecule has 2 nitrogen and oxygen atoms in total. The number of hydrogen-bond acceptors (Lipinski definition) is 2. The maximum atomic E-state index is 10.2. The third-order valence-corrected chi connectivity index (χ3v) is 3.78. The fourth-order valence-electron chi connectivity index (χ4n) is 1.67. The lowest BCUT2D eigenvalue weighted by Crippen LogP contribution is -2.03. The third-order valence-electron chi connectivity index (χ3n) is 2.51. The van der Waals surface area contributed by atoms with E-state index in [2.05, 4.69) is 36.8 Å². The number of rotatable bonds is 3. The van der Waals surface area contributed by atoms with Crippen LogP contribution in [0.3, 0.4) is 0 Å². The molecule has 0 aliphatic heterocycles. The van der Waals surface area contributed by atoms with Crippen molar-refractivity contribution in [2.75, 3.05) is 0 Å². The Bertz CT molecular complexity index is 562. The molecule has 0 saturated heterocycles. The lowest BCUT2D eigenvalue weighted by molar-refractivity contribution is 0.178. The largest absolute Gasteiger partial charge is 0.388 e. The van der Waals surface area contributed by atoms with Crippen LogP contribution in [0.25, 0.3) is 0 Å². The van der Waals surface area contributed by atoms with E-state index >= 15 is 0 Å². The highest BCUT2D eigenvalue weighted by Gasteiger charge is 2.13. The molecule has 0 aliphatic carbocycles. The summed E-state index contributed by atoms with van der Waals surface area (Å²) in [6, 6.07) is 7.38. The van der Waals surface area contributed by atoms with Crippen LogP contribution in [0.5, 0.6) is 0 Å². The second kappa shape index (κ2) is 6.15. The first-order valence-electron chi connectivity index (χ1n) is 5.28. The first-order valence-corrected chi connectivity index (χ1v) is 7.25. The van der Waals surface area contributed by atoms with Crippen molar-refractivity contribution in [3.8, 4) is 0 Å². The molecule has 0 spiro atoms. The van der Waals surface area contributed by atoms with Crippen molar-refractivity contribution in [2.24, 2.45) is 0 Å². The molecule has 5 heteroatoms. The van der Waals surface area contributed by atoms with E-state index in [-0.39, 0.29) is 0 Å². The normalized spacial score (nSPS) is 12.4. The predicted octanol–water partition coefficient (Wildman–Crippen LogP) is 4.54. The topological polar surface area (TPSA) is 33.1 Å². The lowest BCUT2D eigenvalue weighted by atomic mass is 10.0. The SMILES string of the molecule is OC(Cc1cncc(Br)c1)c1cc(Br)ccc1Cl. The Kier molecular flexibility index (Phi) is 4.78. The van der Waals surface area contributed by atoms with Crippen LogP contribution >= 0.6 is 43.5 Å². The lowest BCUT2D eigenvalue weighted by Gasteiger charge is -2.13. The van der Waals surface area contributed by atoms with Gasteiger partial charge in [-0.2, -0.15) is 0 Å². The van der Waals surface area contributed by atoms with E-state index in [1.807, 2.05) is 18.2 Å². The van der Waals surface area contributed by atoms with Gasteiger partial charge in [0.2, 0.25) is 0 Å². The zero-order chi connectivity index (χ0) is 13.1. The molecule has 1 aromatic carbocycles. The molecule has 0 bridgehead atoms. The monoisotopic (exact) mass is 389 g/mol. The molecule has 1 atom stereocenters. The van der Waals surface area contributed by atoms with Gasteiger partial charge in [-0.25, -0.2) is 0 Å². The fourth-order valence-corrected chi connectivity index (χ4v) is 2.71. The van der Waals surface area contributed by atoms with E-state index in [9.17, 15) is 5.11 Å². The molecule has 0 radical (unpaired) electrons. The number of halogens is 3. The molecule has 0 fully saturated rings. The van der Waals surface area contributed by atoms with Gasteiger partial charge in [0.05, 0.1) is 6.10 Å². The predicted molar refractivity (Wildman–Crippen MR) is 79.8 cm³/mol. The van der Waals surface area contributed by atoms with Gasteiger partial charge in [-0.1, -0.05) is 27.5 Å². The summed E-state index contributed by atoms with van der Waals surface area (Å²) < 4.78 is 1.79. The smallest absolute Gasteiger partial charge is 0.0845 e. The fraction of sp³-hybridized carbons (Fsp3) is 0.154. The Balaban J connectivity index is 2.21. The highest BCUT2D eigenvalue weighted by Crippen LogP contribution is 2.28. The van der Waals surface area contributed by atoms with E-state index in [0.29, 0.717) is 17.0 Å². The van der Waals surface area contributed by atoms with Gasteiger partial charge in [-0.15, -0.1) is 0 Å². The Morgan fingerprint density at radius 1 is 1.17 bits per heavy atom. The molecule has 0 aliphatic rings. The zero-order valence-corrected chi connectivity index (χ0v) is 13.2. The van der Waals surface area contributed by atoms with Crippen molar-refractivity contribution >= 4 is 43.5 Å². The van der Waals surface area contributed by atoms with Crippen LogP contribution in [0.1, 0.15) is 17.2 Å². The highest BCUT2D eigenvalue weighted by atomic mass is 79.9. The summed E-state index contributed by atoms with van der Waals surface area (Å²) in [5, 5.41) is 10.8. The number of aliphatic hydroxyl groups is 1. The number of pyridine rings is 1. The van der Waals surface area contributed by atoms with E-state index in [0.717, 1.165) is 14.5 Å². The first-order chi connectivity index (χ1) is 8.56. The van der Waals surface area contributed by atoms with E-state index in [1.165, 1.54) is 0 Å². The summed E-state index contributed by atoms with van der Waals surface area (Å²) >= 11 is 12.8. The van der Waals surface area contributed by atoms with E-state index in [1.54, 1.807) is 18.5 Å². The van der Waals surface area contributed by atoms with Gasteiger partial charge in [0.1, 0.15) is 0 Å². The van der Waals surface area contributed by atoms with Gasteiger partial charge in [0.15, 0.2) is 0 Å². The summed E-state index contributed by atoms with van der Waals surface area (Å²) in [4.78, 5) is 4.07. The van der Waals surface area contributed by atoms with Crippen molar-refractivity contribution in [1.82, 2.24) is 4.98 Å². The van der Waals surface area contributed by atoms with Crippen molar-refractivity contribution < 1.29 is 5.11 Å². The van der Waals surface area contributed by atoms with Crippen LogP contribution in [0.4, 0.5) is 0 Å². The molecule has 2 aromatic rings. The molecular weight excluding hydrogens is 381 g/mol. The molecule has 0 saturated carbocycles. The molecule has 1 unspecified atom stereocenters. The second-order valence-corrected chi connectivity index (χ2v) is 6.14. The van der Waals surface area contributed by atoms with Crippen LogP contribution in [0.2, 0.25) is 5.02 Å². The molecule has 18 heavy (non-hydrogen) atoms. The maximum Gasteiger partial charge on any atom is 0.0845 e. The van der Waals surface area contributed by atoms with Crippen molar-refractivity contribution in [3.63, 3.8) is 0 Å². The van der Waals surface area contributed by atoms with E-state index < -0.39 is 6.10 Å². The molecule has 1 heterocycles. The standard InChI is InChI=1S/C13H10Br2ClNO/c14-9-1-2-12(16)11(5-9)13(18)4-8-3-10(15)7-17-6-8/h1-3,5-7,13,18H,4H2. The molecule has 94 valence electrons. The highest BCUT2D eigenvalue weighted by molar-refractivity contribution is 9.10. The van der Waals surface area contributed by atoms with Gasteiger partial charge >= 0.3 is 0 Å². The Hall–Kier alpha value is -0.420. The Labute approximate surface area is 127 Å². The average Bonchev–Trinajstić information content (AvgIpc) is 2.32. The Morgan fingerprint density at radius 3 is 2.67 bits per heavy atom. The summed E-state index contributed by atoms with van der Waals surface area (Å²) in [6.45, 7) is 0. The van der Waals surface area contributed by atoms with Gasteiger partial charge in [0.25, 0.3) is 0 Å². The van der Waals surface area contributed by atoms with Crippen molar-refractivity contribution in [3.05, 3.63) is 61.8 Å². The van der Waals surface area contributed by atoms with Gasteiger partial charge in [-0.3, -0.25) is 4.98 Å². The number of nitrogens with zero attached hydrogens (tertiary/aromatic N) is 1. The minimum atomic E-state index is -0.647. The maximum absolute atomic E-state index is 10.2.